The van der Waals surface area contributed by atoms with Crippen LogP contribution < -0.4 is 4.74 Å². The molecule has 0 N–H and O–H groups in total. The molecule has 0 atom stereocenters. The summed E-state index contributed by atoms with van der Waals surface area (Å²) in [4.78, 5) is 25.5. The van der Waals surface area contributed by atoms with Gasteiger partial charge in [0.1, 0.15) is 12.4 Å². The molecule has 4 aromatic rings. The second-order valence-electron chi connectivity index (χ2n) is 7.71. The summed E-state index contributed by atoms with van der Waals surface area (Å²) in [5.41, 5.74) is 1.35. The SMILES string of the molecule is O=C(c1cc(COc2cccc3cnccc23)on1)N1CCN(Cc2ccccn2)CC1. The number of carbonyl (C=O) groups is 1. The first-order valence-electron chi connectivity index (χ1n) is 10.6. The molecule has 0 saturated carbocycles. The van der Waals surface area contributed by atoms with Gasteiger partial charge in [-0.25, -0.2) is 0 Å². The minimum atomic E-state index is -0.117. The molecule has 8 heteroatoms. The minimum absolute atomic E-state index is 0.117. The molecule has 1 fully saturated rings. The average Bonchev–Trinajstić information content (AvgIpc) is 3.32. The van der Waals surface area contributed by atoms with E-state index in [1.54, 1.807) is 24.7 Å². The molecule has 1 saturated heterocycles. The van der Waals surface area contributed by atoms with Crippen molar-refractivity contribution in [3.05, 3.63) is 84.3 Å². The second-order valence-corrected chi connectivity index (χ2v) is 7.71. The number of benzene rings is 1. The van der Waals surface area contributed by atoms with Crippen LogP contribution in [0.2, 0.25) is 0 Å². The second kappa shape index (κ2) is 9.15. The predicted molar refractivity (Wildman–Crippen MR) is 118 cm³/mol. The van der Waals surface area contributed by atoms with Gasteiger partial charge in [0.2, 0.25) is 0 Å². The van der Waals surface area contributed by atoms with E-state index in [-0.39, 0.29) is 12.5 Å². The van der Waals surface area contributed by atoms with Crippen LogP contribution in [0.3, 0.4) is 0 Å². The van der Waals surface area contributed by atoms with Gasteiger partial charge in [-0.1, -0.05) is 23.4 Å². The third-order valence-electron chi connectivity index (χ3n) is 5.56. The Labute approximate surface area is 185 Å². The van der Waals surface area contributed by atoms with Crippen LogP contribution in [-0.2, 0) is 13.2 Å². The van der Waals surface area contributed by atoms with E-state index in [1.807, 2.05) is 47.4 Å². The van der Waals surface area contributed by atoms with Gasteiger partial charge in [-0.3, -0.25) is 19.7 Å². The van der Waals surface area contributed by atoms with Crippen molar-refractivity contribution in [1.82, 2.24) is 24.9 Å². The van der Waals surface area contributed by atoms with Gasteiger partial charge in [0.05, 0.1) is 5.69 Å². The lowest BCUT2D eigenvalue weighted by Crippen LogP contribution is -2.48. The number of aromatic nitrogens is 3. The monoisotopic (exact) mass is 429 g/mol. The Morgan fingerprint density at radius 1 is 1.03 bits per heavy atom. The Morgan fingerprint density at radius 2 is 1.94 bits per heavy atom. The highest BCUT2D eigenvalue weighted by Crippen LogP contribution is 2.25. The zero-order valence-corrected chi connectivity index (χ0v) is 17.6. The molecule has 5 rings (SSSR count). The minimum Gasteiger partial charge on any atom is -0.485 e. The number of hydrogen-bond donors (Lipinski definition) is 0. The molecule has 1 aromatic carbocycles. The van der Waals surface area contributed by atoms with Crippen molar-refractivity contribution >= 4 is 16.7 Å². The van der Waals surface area contributed by atoms with E-state index in [9.17, 15) is 4.79 Å². The molecular weight excluding hydrogens is 406 g/mol. The standard InChI is InChI=1S/C24H23N5O3/c30-24(29-12-10-28(11-13-29)16-19-5-1-2-8-26-19)22-14-20(32-27-22)17-31-23-6-3-4-18-15-25-9-7-21(18)23/h1-9,14-15H,10-13,16-17H2. The summed E-state index contributed by atoms with van der Waals surface area (Å²) in [7, 11) is 0. The highest BCUT2D eigenvalue weighted by atomic mass is 16.5. The van der Waals surface area contributed by atoms with Crippen molar-refractivity contribution in [3.63, 3.8) is 0 Å². The Bertz CT molecular complexity index is 1200. The van der Waals surface area contributed by atoms with Gasteiger partial charge in [-0.15, -0.1) is 0 Å². The fourth-order valence-electron chi connectivity index (χ4n) is 3.84. The number of fused-ring (bicyclic) bond motifs is 1. The van der Waals surface area contributed by atoms with Crippen LogP contribution in [0.4, 0.5) is 0 Å². The van der Waals surface area contributed by atoms with Crippen LogP contribution in [0.1, 0.15) is 21.9 Å². The molecule has 162 valence electrons. The number of hydrogen-bond acceptors (Lipinski definition) is 7. The fraction of sp³-hybridized carbons (Fsp3) is 0.250. The van der Waals surface area contributed by atoms with Crippen molar-refractivity contribution in [2.75, 3.05) is 26.2 Å². The van der Waals surface area contributed by atoms with Crippen molar-refractivity contribution < 1.29 is 14.1 Å². The largest absolute Gasteiger partial charge is 0.485 e. The van der Waals surface area contributed by atoms with E-state index < -0.39 is 0 Å². The highest BCUT2D eigenvalue weighted by Gasteiger charge is 2.25. The van der Waals surface area contributed by atoms with Crippen LogP contribution >= 0.6 is 0 Å². The van der Waals surface area contributed by atoms with Crippen molar-refractivity contribution in [1.29, 1.82) is 0 Å². The summed E-state index contributed by atoms with van der Waals surface area (Å²) >= 11 is 0. The number of nitrogens with zero attached hydrogens (tertiary/aromatic N) is 5. The molecule has 0 bridgehead atoms. The van der Waals surface area contributed by atoms with E-state index in [4.69, 9.17) is 9.26 Å². The number of ether oxygens (including phenoxy) is 1. The van der Waals surface area contributed by atoms with Crippen LogP contribution in [0, 0.1) is 0 Å². The Kier molecular flexibility index (Phi) is 5.76. The molecule has 4 heterocycles. The van der Waals surface area contributed by atoms with Crippen molar-refractivity contribution in [3.8, 4) is 5.75 Å². The molecule has 0 radical (unpaired) electrons. The van der Waals surface area contributed by atoms with Crippen molar-refractivity contribution in [2.24, 2.45) is 0 Å². The molecular formula is C24H23N5O3. The summed E-state index contributed by atoms with van der Waals surface area (Å²) in [5, 5.41) is 5.95. The molecule has 8 nitrogen and oxygen atoms in total. The van der Waals surface area contributed by atoms with Gasteiger partial charge >= 0.3 is 0 Å². The number of piperazine rings is 1. The topological polar surface area (TPSA) is 84.6 Å². The van der Waals surface area contributed by atoms with E-state index in [1.165, 1.54) is 0 Å². The van der Waals surface area contributed by atoms with Crippen LogP contribution in [0.15, 0.2) is 71.6 Å². The number of pyridine rings is 2. The lowest BCUT2D eigenvalue weighted by atomic mass is 10.1. The van der Waals surface area contributed by atoms with Crippen LogP contribution in [0.25, 0.3) is 10.8 Å². The Hall–Kier alpha value is -3.78. The third-order valence-corrected chi connectivity index (χ3v) is 5.56. The maximum Gasteiger partial charge on any atom is 0.276 e. The van der Waals surface area contributed by atoms with Gasteiger partial charge in [0.15, 0.2) is 11.5 Å². The maximum atomic E-state index is 12.9. The molecule has 1 aliphatic rings. The maximum absolute atomic E-state index is 12.9. The van der Waals surface area contributed by atoms with Gasteiger partial charge in [-0.05, 0) is 24.3 Å². The average molecular weight is 429 g/mol. The van der Waals surface area contributed by atoms with Gasteiger partial charge in [0.25, 0.3) is 5.91 Å². The molecule has 0 unspecified atom stereocenters. The number of carbonyl (C=O) groups excluding carboxylic acids is 1. The lowest BCUT2D eigenvalue weighted by Gasteiger charge is -2.34. The van der Waals surface area contributed by atoms with E-state index in [0.717, 1.165) is 41.9 Å². The first-order valence-corrected chi connectivity index (χ1v) is 10.6. The van der Waals surface area contributed by atoms with E-state index >= 15 is 0 Å². The summed E-state index contributed by atoms with van der Waals surface area (Å²) < 4.78 is 11.3. The number of amides is 1. The summed E-state index contributed by atoms with van der Waals surface area (Å²) in [5.74, 6) is 1.13. The highest BCUT2D eigenvalue weighted by molar-refractivity contribution is 5.92. The normalized spacial score (nSPS) is 14.6. The predicted octanol–water partition coefficient (Wildman–Crippen LogP) is 3.15. The van der Waals surface area contributed by atoms with Gasteiger partial charge in [-0.2, -0.15) is 0 Å². The molecule has 1 amide bonds. The molecule has 1 aliphatic heterocycles. The Balaban J connectivity index is 1.16. The third kappa shape index (κ3) is 4.45. The molecule has 0 spiro atoms. The molecule has 0 aliphatic carbocycles. The fourth-order valence-corrected chi connectivity index (χ4v) is 3.84. The van der Waals surface area contributed by atoms with E-state index in [0.29, 0.717) is 24.5 Å². The molecule has 32 heavy (non-hydrogen) atoms. The summed E-state index contributed by atoms with van der Waals surface area (Å²) in [6, 6.07) is 15.3. The quantitative estimate of drug-likeness (QED) is 0.465. The first-order chi connectivity index (χ1) is 15.8. The van der Waals surface area contributed by atoms with Gasteiger partial charge in [0, 0.05) is 68.2 Å². The van der Waals surface area contributed by atoms with E-state index in [2.05, 4.69) is 20.0 Å². The Morgan fingerprint density at radius 3 is 2.78 bits per heavy atom. The zero-order valence-electron chi connectivity index (χ0n) is 17.6. The first kappa shape index (κ1) is 20.1. The zero-order chi connectivity index (χ0) is 21.8. The number of rotatable bonds is 6. The summed E-state index contributed by atoms with van der Waals surface area (Å²) in [6.07, 6.45) is 5.33. The van der Waals surface area contributed by atoms with Crippen molar-refractivity contribution in [2.45, 2.75) is 13.2 Å². The molecule has 3 aromatic heterocycles. The van der Waals surface area contributed by atoms with Crippen LogP contribution in [0.5, 0.6) is 5.75 Å². The van der Waals surface area contributed by atoms with Gasteiger partial charge < -0.3 is 14.2 Å². The smallest absolute Gasteiger partial charge is 0.276 e. The lowest BCUT2D eigenvalue weighted by molar-refractivity contribution is 0.0617. The van der Waals surface area contributed by atoms with Crippen LogP contribution in [-0.4, -0.2) is 57.0 Å². The summed E-state index contributed by atoms with van der Waals surface area (Å²) in [6.45, 7) is 3.87.